The Morgan fingerprint density at radius 3 is 2.85 bits per heavy atom. The van der Waals surface area contributed by atoms with Gasteiger partial charge in [0.15, 0.2) is 5.65 Å². The Hall–Kier alpha value is -2.94. The molecule has 3 aromatic heterocycles. The molecule has 4 heterocycles. The molecular weight excluding hydrogens is 332 g/mol. The van der Waals surface area contributed by atoms with Gasteiger partial charge in [0.2, 0.25) is 0 Å². The number of anilines is 1. The maximum atomic E-state index is 8.94. The summed E-state index contributed by atoms with van der Waals surface area (Å²) >= 11 is 0. The van der Waals surface area contributed by atoms with E-state index in [2.05, 4.69) is 20.7 Å². The summed E-state index contributed by atoms with van der Waals surface area (Å²) in [5, 5.41) is 24.3. The average molecular weight is 354 g/mol. The monoisotopic (exact) mass is 354 g/mol. The van der Waals surface area contributed by atoms with Crippen LogP contribution in [0.25, 0.3) is 16.8 Å². The molecule has 1 saturated heterocycles. The molecule has 1 fully saturated rings. The van der Waals surface area contributed by atoms with Crippen molar-refractivity contribution in [2.75, 3.05) is 12.3 Å². The fourth-order valence-electron chi connectivity index (χ4n) is 3.51. The number of aromatic nitrogens is 5. The molecule has 136 valence electrons. The highest BCUT2D eigenvalue weighted by atomic mass is 16.4. The van der Waals surface area contributed by atoms with E-state index in [4.69, 9.17) is 15.9 Å². The van der Waals surface area contributed by atoms with Gasteiger partial charge in [0.25, 0.3) is 0 Å². The molecule has 3 aromatic rings. The molecule has 4 rings (SSSR count). The lowest BCUT2D eigenvalue weighted by molar-refractivity contribution is 0.311. The highest BCUT2D eigenvalue weighted by Crippen LogP contribution is 2.29. The largest absolute Gasteiger partial charge is 0.411 e. The maximum Gasteiger partial charge on any atom is 0.165 e. The van der Waals surface area contributed by atoms with Crippen LogP contribution in [-0.4, -0.2) is 47.9 Å². The summed E-state index contributed by atoms with van der Waals surface area (Å²) < 4.78 is 3.41. The first-order valence-electron chi connectivity index (χ1n) is 8.62. The smallest absolute Gasteiger partial charge is 0.165 e. The van der Waals surface area contributed by atoms with Crippen molar-refractivity contribution in [1.82, 2.24) is 29.7 Å². The average Bonchev–Trinajstić information content (AvgIpc) is 3.27. The Morgan fingerprint density at radius 1 is 1.35 bits per heavy atom. The van der Waals surface area contributed by atoms with Crippen LogP contribution < -0.4 is 11.1 Å². The SMILES string of the molecule is C/C(=N\O)[C@@H]1CC[C@H](c2cc(N)n3ncc(-c4cnn(C)c4)c3n2)CN1. The molecule has 9 heteroatoms. The molecule has 0 spiro atoms. The molecule has 0 unspecified atom stereocenters. The van der Waals surface area contributed by atoms with Gasteiger partial charge in [-0.15, -0.1) is 0 Å². The molecule has 9 nitrogen and oxygen atoms in total. The molecule has 0 saturated carbocycles. The Bertz CT molecular complexity index is 964. The number of rotatable bonds is 3. The van der Waals surface area contributed by atoms with E-state index < -0.39 is 0 Å². The first-order chi connectivity index (χ1) is 12.6. The highest BCUT2D eigenvalue weighted by molar-refractivity contribution is 5.86. The number of nitrogens with two attached hydrogens (primary N) is 1. The minimum atomic E-state index is 0.109. The van der Waals surface area contributed by atoms with E-state index in [0.29, 0.717) is 11.5 Å². The van der Waals surface area contributed by atoms with Gasteiger partial charge in [-0.2, -0.15) is 14.7 Å². The topological polar surface area (TPSA) is 119 Å². The van der Waals surface area contributed by atoms with E-state index in [9.17, 15) is 0 Å². The Labute approximate surface area is 150 Å². The van der Waals surface area contributed by atoms with Crippen LogP contribution in [0.4, 0.5) is 5.82 Å². The Kier molecular flexibility index (Phi) is 4.08. The van der Waals surface area contributed by atoms with Crippen molar-refractivity contribution in [2.45, 2.75) is 31.7 Å². The predicted octanol–water partition coefficient (Wildman–Crippen LogP) is 1.40. The van der Waals surface area contributed by atoms with E-state index >= 15 is 0 Å². The molecule has 1 aliphatic heterocycles. The number of nitrogen functional groups attached to an aromatic ring is 1. The van der Waals surface area contributed by atoms with E-state index in [-0.39, 0.29) is 12.0 Å². The summed E-state index contributed by atoms with van der Waals surface area (Å²) in [5.74, 6) is 0.817. The minimum absolute atomic E-state index is 0.109. The maximum absolute atomic E-state index is 8.94. The summed E-state index contributed by atoms with van der Waals surface area (Å²) in [4.78, 5) is 4.86. The van der Waals surface area contributed by atoms with Gasteiger partial charge in [-0.05, 0) is 19.8 Å². The van der Waals surface area contributed by atoms with Gasteiger partial charge in [0.1, 0.15) is 5.82 Å². The van der Waals surface area contributed by atoms with Crippen molar-refractivity contribution in [3.05, 3.63) is 30.4 Å². The number of fused-ring (bicyclic) bond motifs is 1. The number of aryl methyl sites for hydroxylation is 1. The van der Waals surface area contributed by atoms with Gasteiger partial charge in [-0.1, -0.05) is 5.16 Å². The summed E-state index contributed by atoms with van der Waals surface area (Å²) in [6, 6.07) is 2.01. The number of nitrogens with one attached hydrogen (secondary N) is 1. The third-order valence-electron chi connectivity index (χ3n) is 5.03. The van der Waals surface area contributed by atoms with Crippen LogP contribution in [0, 0.1) is 0 Å². The fraction of sp³-hybridized carbons (Fsp3) is 0.412. The van der Waals surface area contributed by atoms with E-state index in [1.165, 1.54) is 0 Å². The molecule has 0 radical (unpaired) electrons. The molecule has 0 aliphatic carbocycles. The molecule has 0 aromatic carbocycles. The van der Waals surface area contributed by atoms with Gasteiger partial charge in [-0.3, -0.25) is 4.68 Å². The van der Waals surface area contributed by atoms with Crippen molar-refractivity contribution in [2.24, 2.45) is 12.2 Å². The number of hydrogen-bond donors (Lipinski definition) is 3. The minimum Gasteiger partial charge on any atom is -0.411 e. The van der Waals surface area contributed by atoms with E-state index in [1.54, 1.807) is 21.6 Å². The van der Waals surface area contributed by atoms with Gasteiger partial charge >= 0.3 is 0 Å². The zero-order valence-corrected chi connectivity index (χ0v) is 14.8. The summed E-state index contributed by atoms with van der Waals surface area (Å²) in [6.45, 7) is 2.59. The first-order valence-corrected chi connectivity index (χ1v) is 8.62. The second kappa shape index (κ2) is 6.41. The lowest BCUT2D eigenvalue weighted by atomic mass is 9.90. The Balaban J connectivity index is 1.67. The number of nitrogens with zero attached hydrogens (tertiary/aromatic N) is 6. The van der Waals surface area contributed by atoms with Crippen LogP contribution in [0.5, 0.6) is 0 Å². The fourth-order valence-corrected chi connectivity index (χ4v) is 3.51. The molecule has 0 amide bonds. The van der Waals surface area contributed by atoms with Gasteiger partial charge in [-0.25, -0.2) is 4.98 Å². The second-order valence-corrected chi connectivity index (χ2v) is 6.78. The van der Waals surface area contributed by atoms with Crippen LogP contribution >= 0.6 is 0 Å². The summed E-state index contributed by atoms with van der Waals surface area (Å²) in [7, 11) is 1.88. The predicted molar refractivity (Wildman–Crippen MR) is 98.3 cm³/mol. The number of piperidine rings is 1. The summed E-state index contributed by atoms with van der Waals surface area (Å²) in [5.41, 5.74) is 10.5. The van der Waals surface area contributed by atoms with Crippen LogP contribution in [-0.2, 0) is 7.05 Å². The standard InChI is InChI=1S/C17H22N8O/c1-10(23-26)14-4-3-11(6-19-14)15-5-16(18)25-17(22-15)13(8-21-25)12-7-20-24(2)9-12/h5,7-9,11,14,19,26H,3-4,6,18H2,1-2H3/b23-10+/t11-,14-/m0/s1. The van der Waals surface area contributed by atoms with Gasteiger partial charge in [0, 0.05) is 48.9 Å². The highest BCUT2D eigenvalue weighted by Gasteiger charge is 2.26. The molecule has 0 bridgehead atoms. The summed E-state index contributed by atoms with van der Waals surface area (Å²) in [6.07, 6.45) is 7.35. The van der Waals surface area contributed by atoms with Crippen molar-refractivity contribution in [3.8, 4) is 11.1 Å². The lowest BCUT2D eigenvalue weighted by Crippen LogP contribution is -2.42. The van der Waals surface area contributed by atoms with Crippen LogP contribution in [0.1, 0.15) is 31.4 Å². The molecule has 2 atom stereocenters. The van der Waals surface area contributed by atoms with E-state index in [0.717, 1.165) is 41.9 Å². The molecular formula is C17H22N8O. The zero-order chi connectivity index (χ0) is 18.3. The second-order valence-electron chi connectivity index (χ2n) is 6.78. The first kappa shape index (κ1) is 16.5. The zero-order valence-electron chi connectivity index (χ0n) is 14.8. The molecule has 1 aliphatic rings. The number of oxime groups is 1. The quantitative estimate of drug-likeness (QED) is 0.372. The van der Waals surface area contributed by atoms with Crippen molar-refractivity contribution in [1.29, 1.82) is 0 Å². The third kappa shape index (κ3) is 2.80. The third-order valence-corrected chi connectivity index (χ3v) is 5.03. The van der Waals surface area contributed by atoms with Crippen molar-refractivity contribution < 1.29 is 5.21 Å². The van der Waals surface area contributed by atoms with Crippen LogP contribution in [0.3, 0.4) is 0 Å². The van der Waals surface area contributed by atoms with Crippen molar-refractivity contribution in [3.63, 3.8) is 0 Å². The van der Waals surface area contributed by atoms with Crippen LogP contribution in [0.15, 0.2) is 29.8 Å². The number of hydrogen-bond acceptors (Lipinski definition) is 7. The van der Waals surface area contributed by atoms with Gasteiger partial charge in [0.05, 0.1) is 23.8 Å². The van der Waals surface area contributed by atoms with Crippen LogP contribution in [0.2, 0.25) is 0 Å². The molecule has 4 N–H and O–H groups in total. The molecule has 26 heavy (non-hydrogen) atoms. The van der Waals surface area contributed by atoms with E-state index in [1.807, 2.05) is 26.2 Å². The lowest BCUT2D eigenvalue weighted by Gasteiger charge is -2.29. The Morgan fingerprint density at radius 2 is 2.19 bits per heavy atom. The normalized spacial score (nSPS) is 21.4. The van der Waals surface area contributed by atoms with Gasteiger partial charge < -0.3 is 16.3 Å². The van der Waals surface area contributed by atoms with Crippen molar-refractivity contribution >= 4 is 17.2 Å².